The van der Waals surface area contributed by atoms with E-state index in [2.05, 4.69) is 11.9 Å². The van der Waals surface area contributed by atoms with E-state index in [4.69, 9.17) is 14.7 Å². The van der Waals surface area contributed by atoms with Crippen LogP contribution in [0, 0.1) is 21.4 Å². The molecular weight excluding hydrogens is 390 g/mol. The van der Waals surface area contributed by atoms with E-state index in [0.29, 0.717) is 12.4 Å². The van der Waals surface area contributed by atoms with Crippen molar-refractivity contribution in [2.75, 3.05) is 18.5 Å². The SMILES string of the molecule is C=CCOc1ccc(/C=C/C(=O)OCC(=O)Nc2ccc([N+](=O)[O-])cc2C#N)cc1. The van der Waals surface area contributed by atoms with Gasteiger partial charge in [-0.05, 0) is 29.8 Å². The van der Waals surface area contributed by atoms with Crippen LogP contribution in [0.2, 0.25) is 0 Å². The molecule has 1 N–H and O–H groups in total. The number of hydrogen-bond donors (Lipinski definition) is 1. The van der Waals surface area contributed by atoms with Crippen LogP contribution in [0.15, 0.2) is 61.2 Å². The van der Waals surface area contributed by atoms with Gasteiger partial charge in [0.2, 0.25) is 0 Å². The third-order valence-electron chi connectivity index (χ3n) is 3.61. The molecule has 30 heavy (non-hydrogen) atoms. The molecular formula is C21H17N3O6. The lowest BCUT2D eigenvalue weighted by Crippen LogP contribution is -2.20. The van der Waals surface area contributed by atoms with Crippen molar-refractivity contribution in [2.24, 2.45) is 0 Å². The average molecular weight is 407 g/mol. The molecule has 0 aromatic heterocycles. The normalized spacial score (nSPS) is 10.1. The van der Waals surface area contributed by atoms with Crippen LogP contribution >= 0.6 is 0 Å². The van der Waals surface area contributed by atoms with Crippen molar-refractivity contribution in [3.05, 3.63) is 82.4 Å². The Morgan fingerprint density at radius 3 is 2.60 bits per heavy atom. The summed E-state index contributed by atoms with van der Waals surface area (Å²) in [6, 6.07) is 12.1. The number of rotatable bonds is 9. The van der Waals surface area contributed by atoms with Crippen LogP contribution in [0.25, 0.3) is 6.08 Å². The van der Waals surface area contributed by atoms with Crippen LogP contribution < -0.4 is 10.1 Å². The standard InChI is InChI=1S/C21H17N3O6/c1-2-11-29-18-7-3-15(4-8-18)5-10-21(26)30-14-20(25)23-19-9-6-17(24(27)28)12-16(19)13-22/h2-10,12H,1,11,14H2,(H,23,25)/b10-5+. The quantitative estimate of drug-likeness (QED) is 0.222. The van der Waals surface area contributed by atoms with Gasteiger partial charge in [-0.1, -0.05) is 24.8 Å². The number of hydrogen-bond acceptors (Lipinski definition) is 7. The lowest BCUT2D eigenvalue weighted by molar-refractivity contribution is -0.384. The summed E-state index contributed by atoms with van der Waals surface area (Å²) in [5.74, 6) is -0.763. The molecule has 9 heteroatoms. The average Bonchev–Trinajstić information content (AvgIpc) is 2.75. The molecule has 152 valence electrons. The van der Waals surface area contributed by atoms with Crippen LogP contribution in [0.5, 0.6) is 5.75 Å². The number of nitrogens with zero attached hydrogens (tertiary/aromatic N) is 2. The van der Waals surface area contributed by atoms with E-state index in [0.717, 1.165) is 17.7 Å². The summed E-state index contributed by atoms with van der Waals surface area (Å²) in [5.41, 5.74) is 0.455. The zero-order valence-electron chi connectivity index (χ0n) is 15.7. The number of nitro benzene ring substituents is 1. The molecule has 0 spiro atoms. The highest BCUT2D eigenvalue weighted by molar-refractivity contribution is 5.95. The van der Waals surface area contributed by atoms with Crippen molar-refractivity contribution in [3.8, 4) is 11.8 Å². The number of nitrogens with one attached hydrogen (secondary N) is 1. The van der Waals surface area contributed by atoms with Gasteiger partial charge in [0.1, 0.15) is 18.4 Å². The van der Waals surface area contributed by atoms with Gasteiger partial charge in [-0.25, -0.2) is 4.79 Å². The first-order chi connectivity index (χ1) is 14.4. The minimum absolute atomic E-state index is 0.0794. The number of benzene rings is 2. The fourth-order valence-electron chi connectivity index (χ4n) is 2.21. The molecule has 0 atom stereocenters. The highest BCUT2D eigenvalue weighted by Gasteiger charge is 2.13. The van der Waals surface area contributed by atoms with E-state index in [1.165, 1.54) is 18.2 Å². The monoisotopic (exact) mass is 407 g/mol. The highest BCUT2D eigenvalue weighted by Crippen LogP contribution is 2.21. The van der Waals surface area contributed by atoms with Gasteiger partial charge in [-0.3, -0.25) is 14.9 Å². The fraction of sp³-hybridized carbons (Fsp3) is 0.0952. The van der Waals surface area contributed by atoms with Gasteiger partial charge in [0.25, 0.3) is 11.6 Å². The summed E-state index contributed by atoms with van der Waals surface area (Å²) in [4.78, 5) is 33.8. The molecule has 0 fully saturated rings. The molecule has 0 unspecified atom stereocenters. The number of ether oxygens (including phenoxy) is 2. The fourth-order valence-corrected chi connectivity index (χ4v) is 2.21. The molecule has 0 aliphatic carbocycles. The van der Waals surface area contributed by atoms with E-state index in [9.17, 15) is 19.7 Å². The topological polar surface area (TPSA) is 132 Å². The molecule has 0 radical (unpaired) electrons. The molecule has 0 bridgehead atoms. The smallest absolute Gasteiger partial charge is 0.331 e. The second kappa shape index (κ2) is 10.8. The second-order valence-electron chi connectivity index (χ2n) is 5.76. The Labute approximate surface area is 172 Å². The van der Waals surface area contributed by atoms with Gasteiger partial charge < -0.3 is 14.8 Å². The minimum atomic E-state index is -0.735. The van der Waals surface area contributed by atoms with E-state index in [1.807, 2.05) is 0 Å². The predicted octanol–water partition coefficient (Wildman–Crippen LogP) is 3.23. The summed E-state index contributed by atoms with van der Waals surface area (Å²) in [6.07, 6.45) is 4.31. The lowest BCUT2D eigenvalue weighted by atomic mass is 10.1. The Morgan fingerprint density at radius 2 is 1.97 bits per heavy atom. The van der Waals surface area contributed by atoms with Crippen molar-refractivity contribution < 1.29 is 24.0 Å². The second-order valence-corrected chi connectivity index (χ2v) is 5.76. The molecule has 2 aromatic rings. The molecule has 0 saturated heterocycles. The van der Waals surface area contributed by atoms with Crippen LogP contribution in [-0.4, -0.2) is 30.0 Å². The number of esters is 1. The minimum Gasteiger partial charge on any atom is -0.490 e. The molecule has 0 aliphatic heterocycles. The van der Waals surface area contributed by atoms with Crippen LogP contribution in [0.4, 0.5) is 11.4 Å². The van der Waals surface area contributed by atoms with Crippen molar-refractivity contribution >= 4 is 29.3 Å². The number of carbonyl (C=O) groups is 2. The van der Waals surface area contributed by atoms with E-state index >= 15 is 0 Å². The van der Waals surface area contributed by atoms with Gasteiger partial charge in [-0.2, -0.15) is 5.26 Å². The van der Waals surface area contributed by atoms with Crippen molar-refractivity contribution in [3.63, 3.8) is 0 Å². The van der Waals surface area contributed by atoms with Crippen LogP contribution in [0.3, 0.4) is 0 Å². The maximum absolute atomic E-state index is 11.9. The van der Waals surface area contributed by atoms with Crippen molar-refractivity contribution in [2.45, 2.75) is 0 Å². The number of anilines is 1. The maximum Gasteiger partial charge on any atom is 0.331 e. The molecule has 2 rings (SSSR count). The highest BCUT2D eigenvalue weighted by atomic mass is 16.6. The Kier molecular flexibility index (Phi) is 7.85. The van der Waals surface area contributed by atoms with Gasteiger partial charge in [0.15, 0.2) is 6.61 Å². The third-order valence-corrected chi connectivity index (χ3v) is 3.61. The molecule has 0 heterocycles. The van der Waals surface area contributed by atoms with Crippen LogP contribution in [-0.2, 0) is 14.3 Å². The van der Waals surface area contributed by atoms with E-state index in [-0.39, 0.29) is 16.9 Å². The molecule has 2 aromatic carbocycles. The number of carbonyl (C=O) groups excluding carboxylic acids is 2. The summed E-state index contributed by atoms with van der Waals surface area (Å²) in [7, 11) is 0. The summed E-state index contributed by atoms with van der Waals surface area (Å²) < 4.78 is 10.2. The van der Waals surface area contributed by atoms with Crippen molar-refractivity contribution in [1.82, 2.24) is 0 Å². The van der Waals surface area contributed by atoms with Gasteiger partial charge in [0.05, 0.1) is 16.2 Å². The zero-order chi connectivity index (χ0) is 21.9. The maximum atomic E-state index is 11.9. The largest absolute Gasteiger partial charge is 0.490 e. The van der Waals surface area contributed by atoms with Crippen molar-refractivity contribution in [1.29, 1.82) is 5.26 Å². The predicted molar refractivity (Wildman–Crippen MR) is 109 cm³/mol. The Hall–Kier alpha value is -4.45. The number of amides is 1. The summed E-state index contributed by atoms with van der Waals surface area (Å²) >= 11 is 0. The first-order valence-corrected chi connectivity index (χ1v) is 8.60. The first kappa shape index (κ1) is 21.8. The molecule has 0 aliphatic rings. The first-order valence-electron chi connectivity index (χ1n) is 8.60. The summed E-state index contributed by atoms with van der Waals surface area (Å²) in [6.45, 7) is 3.36. The number of nitriles is 1. The van der Waals surface area contributed by atoms with Gasteiger partial charge in [0, 0.05) is 18.2 Å². The molecule has 1 amide bonds. The molecule has 9 nitrogen and oxygen atoms in total. The number of non-ortho nitro benzene ring substituents is 1. The van der Waals surface area contributed by atoms with E-state index < -0.39 is 23.4 Å². The third kappa shape index (κ3) is 6.61. The zero-order valence-corrected chi connectivity index (χ0v) is 15.7. The Balaban J connectivity index is 1.86. The van der Waals surface area contributed by atoms with Gasteiger partial charge in [-0.15, -0.1) is 0 Å². The molecule has 0 saturated carbocycles. The van der Waals surface area contributed by atoms with Crippen LogP contribution in [0.1, 0.15) is 11.1 Å². The lowest BCUT2D eigenvalue weighted by Gasteiger charge is -2.07. The summed E-state index contributed by atoms with van der Waals surface area (Å²) in [5, 5.41) is 22.2. The number of nitro groups is 1. The van der Waals surface area contributed by atoms with Gasteiger partial charge >= 0.3 is 5.97 Å². The Bertz CT molecular complexity index is 1020. The Morgan fingerprint density at radius 1 is 1.23 bits per heavy atom. The van der Waals surface area contributed by atoms with E-state index in [1.54, 1.807) is 36.4 Å².